The van der Waals surface area contributed by atoms with Gasteiger partial charge in [-0.2, -0.15) is 12.6 Å². The fourth-order valence-corrected chi connectivity index (χ4v) is 6.12. The lowest BCUT2D eigenvalue weighted by molar-refractivity contribution is -0.385. The van der Waals surface area contributed by atoms with E-state index in [0.29, 0.717) is 43.6 Å². The molecular formula is C30H34N6O11S. The molecule has 17 nitrogen and oxygen atoms in total. The van der Waals surface area contributed by atoms with Gasteiger partial charge in [0, 0.05) is 61.6 Å². The van der Waals surface area contributed by atoms with E-state index in [1.165, 1.54) is 48.5 Å². The fourth-order valence-electron chi connectivity index (χ4n) is 5.80. The quantitative estimate of drug-likeness (QED) is 0.142. The molecule has 2 aromatic carbocycles. The van der Waals surface area contributed by atoms with Crippen molar-refractivity contribution in [2.45, 2.75) is 62.0 Å². The van der Waals surface area contributed by atoms with Crippen LogP contribution in [0.15, 0.2) is 48.5 Å². The number of nitrogens with one attached hydrogen (secondary N) is 2. The third kappa shape index (κ3) is 8.68. The average molecular weight is 687 g/mol. The van der Waals surface area contributed by atoms with Crippen molar-refractivity contribution >= 4 is 48.1 Å². The van der Waals surface area contributed by atoms with E-state index in [1.54, 1.807) is 4.90 Å². The minimum atomic E-state index is -1.08. The number of likely N-dealkylation sites (tertiary alicyclic amines) is 2. The summed E-state index contributed by atoms with van der Waals surface area (Å²) in [4.78, 5) is 75.7. The molecule has 3 fully saturated rings. The smallest absolute Gasteiger partial charge is 0.445 e. The molecule has 0 spiro atoms. The molecule has 3 heterocycles. The van der Waals surface area contributed by atoms with Gasteiger partial charge in [-0.3, -0.25) is 34.7 Å². The van der Waals surface area contributed by atoms with Crippen molar-refractivity contribution in [3.8, 4) is 0 Å². The molecule has 0 bridgehead atoms. The lowest BCUT2D eigenvalue weighted by atomic mass is 10.1. The largest absolute Gasteiger partial charge is 0.508 e. The zero-order valence-electron chi connectivity index (χ0n) is 25.6. The van der Waals surface area contributed by atoms with Crippen LogP contribution in [-0.4, -0.2) is 99.4 Å². The maximum Gasteiger partial charge on any atom is 0.508 e. The Morgan fingerprint density at radius 2 is 1.50 bits per heavy atom. The molecule has 2 N–H and O–H groups in total. The first-order valence-electron chi connectivity index (χ1n) is 15.2. The van der Waals surface area contributed by atoms with Gasteiger partial charge in [0.05, 0.1) is 22.4 Å². The number of nitrogens with zero attached hydrogens (tertiary/aromatic N) is 4. The number of amides is 3. The van der Waals surface area contributed by atoms with Gasteiger partial charge in [0.15, 0.2) is 0 Å². The van der Waals surface area contributed by atoms with Crippen molar-refractivity contribution in [2.24, 2.45) is 0 Å². The molecule has 0 radical (unpaired) electrons. The molecule has 5 atom stereocenters. The maximum absolute atomic E-state index is 13.5. The van der Waals surface area contributed by atoms with Crippen LogP contribution in [0, 0.1) is 20.2 Å². The van der Waals surface area contributed by atoms with Crippen LogP contribution in [-0.2, 0) is 37.0 Å². The first-order valence-corrected chi connectivity index (χ1v) is 15.7. The van der Waals surface area contributed by atoms with Crippen molar-refractivity contribution in [3.05, 3.63) is 79.9 Å². The number of thiol groups is 1. The Bertz CT molecular complexity index is 1540. The molecule has 3 aliphatic rings. The summed E-state index contributed by atoms with van der Waals surface area (Å²) in [6.45, 7) is 0.753. The molecule has 0 unspecified atom stereocenters. The topological polar surface area (TPSA) is 213 Å². The van der Waals surface area contributed by atoms with Gasteiger partial charge in [-0.25, -0.2) is 9.59 Å². The number of benzene rings is 2. The van der Waals surface area contributed by atoms with E-state index < -0.39 is 40.1 Å². The Morgan fingerprint density at radius 1 is 0.896 bits per heavy atom. The zero-order valence-corrected chi connectivity index (χ0v) is 26.5. The Labute approximate surface area is 279 Å². The summed E-state index contributed by atoms with van der Waals surface area (Å²) in [7, 11) is 0. The highest BCUT2D eigenvalue weighted by molar-refractivity contribution is 7.81. The van der Waals surface area contributed by atoms with Crippen molar-refractivity contribution in [3.63, 3.8) is 0 Å². The number of carbonyl (C=O) groups excluding carboxylic acids is 4. The molecule has 5 rings (SSSR count). The predicted molar refractivity (Wildman–Crippen MR) is 169 cm³/mol. The standard InChI is InChI=1S/C30H34N6O11S/c37-27(32-20-9-10-33(14-20)28(38)25-12-24(48)13-31-25)26-11-23(47-30(40)46-17-19-3-7-22(8-4-19)36(43)44)15-34(26)29(39)45-16-18-1-5-21(6-2-18)35(41)42/h1-8,20,23-26,31,48H,9-17H2,(H,32,37)/t20-,23+,24-,25-,26-/m0/s1. The molecule has 3 saturated heterocycles. The van der Waals surface area contributed by atoms with Gasteiger partial charge in [-0.15, -0.1) is 0 Å². The van der Waals surface area contributed by atoms with Crippen LogP contribution in [0.5, 0.6) is 0 Å². The highest BCUT2D eigenvalue weighted by atomic mass is 32.1. The number of non-ortho nitro benzene ring substituents is 2. The summed E-state index contributed by atoms with van der Waals surface area (Å²) in [6.07, 6.45) is -1.78. The SMILES string of the molecule is O=C(OCc1ccc([N+](=O)[O-])cc1)O[C@@H]1C[C@@H](C(=O)N[C@H]2CCN(C(=O)[C@@H]3C[C@H](S)CN3)C2)N(C(=O)OCc2ccc([N+](=O)[O-])cc2)C1. The Hall–Kier alpha value is -4.97. The minimum absolute atomic E-state index is 0.0543. The third-order valence-corrected chi connectivity index (χ3v) is 8.72. The van der Waals surface area contributed by atoms with Crippen LogP contribution in [0.4, 0.5) is 21.0 Å². The van der Waals surface area contributed by atoms with E-state index in [-0.39, 0.29) is 60.8 Å². The van der Waals surface area contributed by atoms with Crippen LogP contribution < -0.4 is 10.6 Å². The number of nitro benzene ring substituents is 2. The van der Waals surface area contributed by atoms with E-state index in [2.05, 4.69) is 23.3 Å². The maximum atomic E-state index is 13.5. The molecule has 0 aliphatic carbocycles. The minimum Gasteiger partial charge on any atom is -0.445 e. The van der Waals surface area contributed by atoms with Crippen LogP contribution >= 0.6 is 12.6 Å². The van der Waals surface area contributed by atoms with Crippen molar-refractivity contribution in [1.29, 1.82) is 0 Å². The Kier molecular flexibility index (Phi) is 10.9. The van der Waals surface area contributed by atoms with Crippen LogP contribution in [0.3, 0.4) is 0 Å². The van der Waals surface area contributed by atoms with Crippen molar-refractivity contribution in [2.75, 3.05) is 26.2 Å². The molecule has 48 heavy (non-hydrogen) atoms. The molecule has 2 aromatic rings. The number of ether oxygens (including phenoxy) is 3. The first kappa shape index (κ1) is 34.4. The second kappa shape index (κ2) is 15.3. The summed E-state index contributed by atoms with van der Waals surface area (Å²) < 4.78 is 16.0. The van der Waals surface area contributed by atoms with E-state index >= 15 is 0 Å². The average Bonchev–Trinajstić information content (AvgIpc) is 3.83. The van der Waals surface area contributed by atoms with Gasteiger partial charge >= 0.3 is 12.2 Å². The van der Waals surface area contributed by atoms with Crippen LogP contribution in [0.2, 0.25) is 0 Å². The summed E-state index contributed by atoms with van der Waals surface area (Å²) >= 11 is 4.42. The van der Waals surface area contributed by atoms with E-state index in [1.807, 2.05) is 0 Å². The highest BCUT2D eigenvalue weighted by Gasteiger charge is 2.44. The fraction of sp³-hybridized carbons (Fsp3) is 0.467. The number of carbonyl (C=O) groups is 4. The van der Waals surface area contributed by atoms with Crippen molar-refractivity contribution in [1.82, 2.24) is 20.4 Å². The normalized spacial score (nSPS) is 23.4. The number of hydrogen-bond donors (Lipinski definition) is 3. The second-order valence-electron chi connectivity index (χ2n) is 11.7. The lowest BCUT2D eigenvalue weighted by Gasteiger charge is -2.25. The third-order valence-electron chi connectivity index (χ3n) is 8.33. The first-order chi connectivity index (χ1) is 23.0. The molecule has 3 amide bonds. The summed E-state index contributed by atoms with van der Waals surface area (Å²) in [5.74, 6) is -0.567. The number of rotatable bonds is 10. The van der Waals surface area contributed by atoms with Gasteiger partial charge < -0.3 is 29.7 Å². The van der Waals surface area contributed by atoms with Gasteiger partial charge in [-0.1, -0.05) is 0 Å². The number of hydrogen-bond acceptors (Lipinski definition) is 13. The molecule has 18 heteroatoms. The highest BCUT2D eigenvalue weighted by Crippen LogP contribution is 2.25. The molecule has 0 aromatic heterocycles. The van der Waals surface area contributed by atoms with Gasteiger partial charge in [0.25, 0.3) is 11.4 Å². The molecule has 256 valence electrons. The monoisotopic (exact) mass is 686 g/mol. The van der Waals surface area contributed by atoms with Crippen molar-refractivity contribution < 1.29 is 43.2 Å². The Morgan fingerprint density at radius 3 is 2.06 bits per heavy atom. The van der Waals surface area contributed by atoms with E-state index in [4.69, 9.17) is 14.2 Å². The Balaban J connectivity index is 1.19. The summed E-state index contributed by atoms with van der Waals surface area (Å²) in [5.41, 5.74) is 0.718. The van der Waals surface area contributed by atoms with Gasteiger partial charge in [0.1, 0.15) is 25.4 Å². The summed E-state index contributed by atoms with van der Waals surface area (Å²) in [5, 5.41) is 28.0. The van der Waals surface area contributed by atoms with E-state index in [9.17, 15) is 39.4 Å². The second-order valence-corrected chi connectivity index (χ2v) is 12.4. The molecule has 0 saturated carbocycles. The van der Waals surface area contributed by atoms with Crippen LogP contribution in [0.25, 0.3) is 0 Å². The lowest BCUT2D eigenvalue weighted by Crippen LogP contribution is -2.50. The molecule has 3 aliphatic heterocycles. The van der Waals surface area contributed by atoms with E-state index in [0.717, 1.165) is 4.90 Å². The predicted octanol–water partition coefficient (Wildman–Crippen LogP) is 2.31. The zero-order chi connectivity index (χ0) is 34.4. The van der Waals surface area contributed by atoms with Gasteiger partial charge in [-0.05, 0) is 48.2 Å². The van der Waals surface area contributed by atoms with Crippen LogP contribution in [0.1, 0.15) is 30.4 Å². The molecular weight excluding hydrogens is 652 g/mol. The van der Waals surface area contributed by atoms with Gasteiger partial charge in [0.2, 0.25) is 11.8 Å². The summed E-state index contributed by atoms with van der Waals surface area (Å²) in [6, 6.07) is 9.08. The number of nitro groups is 2.